The van der Waals surface area contributed by atoms with E-state index in [1.54, 1.807) is 11.9 Å². The van der Waals surface area contributed by atoms with Gasteiger partial charge in [-0.25, -0.2) is 4.39 Å². The van der Waals surface area contributed by atoms with Gasteiger partial charge in [-0.15, -0.1) is 0 Å². The average Bonchev–Trinajstić information content (AvgIpc) is 2.81. The number of nitrogens with zero attached hydrogens (tertiary/aromatic N) is 1. The Balaban J connectivity index is 2.22. The number of nitrogen functional groups attached to an aromatic ring is 1. The van der Waals surface area contributed by atoms with Gasteiger partial charge in [0, 0.05) is 25.9 Å². The second-order valence-corrected chi connectivity index (χ2v) is 4.77. The number of hydrogen-bond donors (Lipinski definition) is 2. The van der Waals surface area contributed by atoms with Crippen molar-refractivity contribution >= 4 is 17.3 Å². The van der Waals surface area contributed by atoms with Crippen molar-refractivity contribution in [3.63, 3.8) is 0 Å². The van der Waals surface area contributed by atoms with E-state index in [1.807, 2.05) is 0 Å². The summed E-state index contributed by atoms with van der Waals surface area (Å²) in [5, 5.41) is 0. The van der Waals surface area contributed by atoms with Crippen LogP contribution in [0.15, 0.2) is 12.1 Å². The number of carbonyl (C=O) groups excluding carboxylic acids is 1. The molecule has 1 aliphatic heterocycles. The van der Waals surface area contributed by atoms with Crippen LogP contribution in [0, 0.1) is 5.82 Å². The van der Waals surface area contributed by atoms with E-state index < -0.39 is 11.7 Å². The quantitative estimate of drug-likeness (QED) is 0.801. The third kappa shape index (κ3) is 2.96. The normalized spacial score (nSPS) is 18.5. The predicted molar refractivity (Wildman–Crippen MR) is 71.6 cm³/mol. The lowest BCUT2D eigenvalue weighted by molar-refractivity contribution is 0.100. The number of benzene rings is 1. The Morgan fingerprint density at radius 2 is 2.32 bits per heavy atom. The highest BCUT2D eigenvalue weighted by atomic mass is 19.1. The predicted octanol–water partition coefficient (Wildman–Crippen LogP) is 1.12. The van der Waals surface area contributed by atoms with Gasteiger partial charge in [-0.2, -0.15) is 0 Å². The average molecular weight is 267 g/mol. The van der Waals surface area contributed by atoms with Gasteiger partial charge >= 0.3 is 0 Å². The summed E-state index contributed by atoms with van der Waals surface area (Å²) in [6, 6.07) is 2.52. The van der Waals surface area contributed by atoms with Crippen molar-refractivity contribution in [2.75, 3.05) is 30.8 Å². The minimum absolute atomic E-state index is 0.0549. The molecular weight excluding hydrogens is 249 g/mol. The molecule has 1 aromatic carbocycles. The fourth-order valence-electron chi connectivity index (χ4n) is 2.28. The molecule has 4 N–H and O–H groups in total. The van der Waals surface area contributed by atoms with E-state index in [1.165, 1.54) is 6.07 Å². The third-order valence-electron chi connectivity index (χ3n) is 3.30. The maximum Gasteiger partial charge on any atom is 0.250 e. The van der Waals surface area contributed by atoms with Crippen molar-refractivity contribution in [3.8, 4) is 0 Å². The number of primary amides is 1. The Bertz CT molecular complexity index is 487. The first-order valence-electron chi connectivity index (χ1n) is 6.20. The number of halogens is 1. The molecule has 104 valence electrons. The SMILES string of the molecule is CN(CC1CCCO1)c1cc(C(N)=O)c(N)cc1F. The van der Waals surface area contributed by atoms with Crippen molar-refractivity contribution in [1.29, 1.82) is 0 Å². The first kappa shape index (κ1) is 13.6. The van der Waals surface area contributed by atoms with Crippen LogP contribution in [-0.4, -0.2) is 32.2 Å². The summed E-state index contributed by atoms with van der Waals surface area (Å²) in [5.41, 5.74) is 11.3. The van der Waals surface area contributed by atoms with E-state index in [4.69, 9.17) is 16.2 Å². The van der Waals surface area contributed by atoms with Crippen LogP contribution in [0.5, 0.6) is 0 Å². The number of carbonyl (C=O) groups is 1. The standard InChI is InChI=1S/C13H18FN3O2/c1-17(7-8-3-2-4-19-8)12-5-9(13(16)18)11(15)6-10(12)14/h5-6,8H,2-4,7,15H2,1H3,(H2,16,18). The molecule has 0 saturated carbocycles. The third-order valence-corrected chi connectivity index (χ3v) is 3.30. The molecule has 2 rings (SSSR count). The largest absolute Gasteiger partial charge is 0.398 e. The molecule has 1 fully saturated rings. The second-order valence-electron chi connectivity index (χ2n) is 4.77. The number of rotatable bonds is 4. The van der Waals surface area contributed by atoms with Crippen LogP contribution in [0.1, 0.15) is 23.2 Å². The van der Waals surface area contributed by atoms with Gasteiger partial charge in [0.1, 0.15) is 5.82 Å². The summed E-state index contributed by atoms with van der Waals surface area (Å²) in [4.78, 5) is 12.9. The van der Waals surface area contributed by atoms with E-state index in [-0.39, 0.29) is 17.4 Å². The highest BCUT2D eigenvalue weighted by molar-refractivity contribution is 5.99. The number of anilines is 2. The molecular formula is C13H18FN3O2. The molecule has 6 heteroatoms. The fourth-order valence-corrected chi connectivity index (χ4v) is 2.28. The Hall–Kier alpha value is -1.82. The molecule has 0 spiro atoms. The lowest BCUT2D eigenvalue weighted by Crippen LogP contribution is -2.29. The van der Waals surface area contributed by atoms with Gasteiger partial charge in [0.15, 0.2) is 0 Å². The van der Waals surface area contributed by atoms with E-state index in [2.05, 4.69) is 0 Å². The zero-order chi connectivity index (χ0) is 14.0. The maximum atomic E-state index is 13.9. The van der Waals surface area contributed by atoms with Crippen LogP contribution in [0.4, 0.5) is 15.8 Å². The topological polar surface area (TPSA) is 81.6 Å². The van der Waals surface area contributed by atoms with E-state index >= 15 is 0 Å². The van der Waals surface area contributed by atoms with Crippen LogP contribution in [0.2, 0.25) is 0 Å². The van der Waals surface area contributed by atoms with Crippen LogP contribution >= 0.6 is 0 Å². The summed E-state index contributed by atoms with van der Waals surface area (Å²) >= 11 is 0. The molecule has 0 aliphatic carbocycles. The van der Waals surface area contributed by atoms with Gasteiger partial charge in [0.2, 0.25) is 0 Å². The Morgan fingerprint density at radius 1 is 1.58 bits per heavy atom. The summed E-state index contributed by atoms with van der Waals surface area (Å²) in [5.74, 6) is -1.13. The first-order valence-corrected chi connectivity index (χ1v) is 6.20. The molecule has 1 aromatic rings. The molecule has 1 aliphatic rings. The molecule has 0 aromatic heterocycles. The zero-order valence-electron chi connectivity index (χ0n) is 10.9. The number of hydrogen-bond acceptors (Lipinski definition) is 4. The van der Waals surface area contributed by atoms with Crippen molar-refractivity contribution in [1.82, 2.24) is 0 Å². The van der Waals surface area contributed by atoms with Gasteiger partial charge < -0.3 is 21.1 Å². The molecule has 19 heavy (non-hydrogen) atoms. The molecule has 1 amide bonds. The van der Waals surface area contributed by atoms with E-state index in [0.29, 0.717) is 12.2 Å². The number of ether oxygens (including phenoxy) is 1. The number of amides is 1. The lowest BCUT2D eigenvalue weighted by Gasteiger charge is -2.24. The van der Waals surface area contributed by atoms with Crippen molar-refractivity contribution in [2.24, 2.45) is 5.73 Å². The highest BCUT2D eigenvalue weighted by Gasteiger charge is 2.20. The van der Waals surface area contributed by atoms with Crippen LogP contribution in [0.25, 0.3) is 0 Å². The second kappa shape index (κ2) is 5.44. The minimum atomic E-state index is -0.663. The van der Waals surface area contributed by atoms with Gasteiger partial charge in [0.25, 0.3) is 5.91 Å². The summed E-state index contributed by atoms with van der Waals surface area (Å²) in [6.07, 6.45) is 2.08. The van der Waals surface area contributed by atoms with Crippen molar-refractivity contribution in [3.05, 3.63) is 23.5 Å². The minimum Gasteiger partial charge on any atom is -0.398 e. The van der Waals surface area contributed by atoms with Gasteiger partial charge in [-0.05, 0) is 25.0 Å². The van der Waals surface area contributed by atoms with Gasteiger partial charge in [-0.3, -0.25) is 4.79 Å². The Morgan fingerprint density at radius 3 is 2.89 bits per heavy atom. The number of likely N-dealkylation sites (N-methyl/N-ethyl adjacent to an activating group) is 1. The summed E-state index contributed by atoms with van der Waals surface area (Å²) < 4.78 is 19.4. The lowest BCUT2D eigenvalue weighted by atomic mass is 10.1. The van der Waals surface area contributed by atoms with Gasteiger partial charge in [0.05, 0.1) is 17.4 Å². The monoisotopic (exact) mass is 267 g/mol. The molecule has 1 saturated heterocycles. The first-order chi connectivity index (χ1) is 8.99. The van der Waals surface area contributed by atoms with Crippen molar-refractivity contribution in [2.45, 2.75) is 18.9 Å². The van der Waals surface area contributed by atoms with Crippen LogP contribution in [-0.2, 0) is 4.74 Å². The highest BCUT2D eigenvalue weighted by Crippen LogP contribution is 2.26. The Kier molecular flexibility index (Phi) is 3.90. The van der Waals surface area contributed by atoms with Crippen molar-refractivity contribution < 1.29 is 13.9 Å². The van der Waals surface area contributed by atoms with Gasteiger partial charge in [-0.1, -0.05) is 0 Å². The summed E-state index contributed by atoms with van der Waals surface area (Å²) in [7, 11) is 1.75. The molecule has 1 unspecified atom stereocenters. The van der Waals surface area contributed by atoms with Crippen LogP contribution in [0.3, 0.4) is 0 Å². The zero-order valence-corrected chi connectivity index (χ0v) is 10.9. The molecule has 0 radical (unpaired) electrons. The molecule has 0 bridgehead atoms. The number of nitrogens with two attached hydrogens (primary N) is 2. The molecule has 1 heterocycles. The maximum absolute atomic E-state index is 13.9. The smallest absolute Gasteiger partial charge is 0.250 e. The van der Waals surface area contributed by atoms with E-state index in [9.17, 15) is 9.18 Å². The van der Waals surface area contributed by atoms with E-state index in [0.717, 1.165) is 25.5 Å². The Labute approximate surface area is 111 Å². The molecule has 5 nitrogen and oxygen atoms in total. The fraction of sp³-hybridized carbons (Fsp3) is 0.462. The molecule has 1 atom stereocenters. The van der Waals surface area contributed by atoms with Crippen LogP contribution < -0.4 is 16.4 Å². The summed E-state index contributed by atoms with van der Waals surface area (Å²) in [6.45, 7) is 1.31.